The van der Waals surface area contributed by atoms with Crippen molar-refractivity contribution in [3.05, 3.63) is 23.9 Å². The molecule has 1 aromatic rings. The predicted molar refractivity (Wildman–Crippen MR) is 65.7 cm³/mol. The lowest BCUT2D eigenvalue weighted by molar-refractivity contribution is -0.154. The van der Waals surface area contributed by atoms with Gasteiger partial charge in [0.2, 0.25) is 5.91 Å². The average molecular weight is 296 g/mol. The van der Waals surface area contributed by atoms with Crippen LogP contribution >= 0.6 is 12.4 Å². The molecule has 2 rings (SSSR count). The second-order valence-electron chi connectivity index (χ2n) is 4.33. The van der Waals surface area contributed by atoms with Crippen LogP contribution in [-0.4, -0.2) is 23.1 Å². The normalized spacial score (nSPS) is 22.8. The van der Waals surface area contributed by atoms with E-state index in [9.17, 15) is 18.0 Å². The molecule has 0 saturated carbocycles. The van der Waals surface area contributed by atoms with E-state index in [-0.39, 0.29) is 25.2 Å². The molecule has 1 aliphatic heterocycles. The summed E-state index contributed by atoms with van der Waals surface area (Å²) in [6.07, 6.45) is -2.91. The molecule has 8 heteroatoms. The molecule has 0 unspecified atom stereocenters. The van der Waals surface area contributed by atoms with E-state index >= 15 is 0 Å². The maximum atomic E-state index is 12.5. The summed E-state index contributed by atoms with van der Waals surface area (Å²) in [6.45, 7) is 0. The standard InChI is InChI=1S/C11H12F3N3O.ClH/c12-11(13,14)8-5-7(10(18)17-8)3-6-1-2-16-9(15)4-6;/h1-2,4,7-8H,3,5H2,(H2,15,16)(H,17,18);1H/t7-,8+;/m1./s1. The predicted octanol–water partition coefficient (Wildman–Crippen LogP) is 1.70. The third kappa shape index (κ3) is 3.73. The van der Waals surface area contributed by atoms with Crippen LogP contribution in [0.4, 0.5) is 19.0 Å². The number of nitrogen functional groups attached to an aromatic ring is 1. The Kier molecular flexibility index (Phi) is 4.62. The third-order valence-electron chi connectivity index (χ3n) is 2.93. The number of hydrogen-bond acceptors (Lipinski definition) is 3. The fourth-order valence-electron chi connectivity index (χ4n) is 2.04. The second kappa shape index (κ2) is 5.64. The Labute approximate surface area is 114 Å². The van der Waals surface area contributed by atoms with Crippen LogP contribution in [0.5, 0.6) is 0 Å². The molecule has 2 heterocycles. The molecule has 1 fully saturated rings. The van der Waals surface area contributed by atoms with Gasteiger partial charge in [0.25, 0.3) is 0 Å². The van der Waals surface area contributed by atoms with Crippen molar-refractivity contribution in [2.45, 2.75) is 25.1 Å². The molecule has 3 N–H and O–H groups in total. The number of rotatable bonds is 2. The first kappa shape index (κ1) is 15.6. The average Bonchev–Trinajstić information content (AvgIpc) is 2.60. The van der Waals surface area contributed by atoms with Gasteiger partial charge in [0.15, 0.2) is 0 Å². The van der Waals surface area contributed by atoms with Gasteiger partial charge in [0.05, 0.1) is 0 Å². The van der Waals surface area contributed by atoms with Crippen LogP contribution < -0.4 is 11.1 Å². The Morgan fingerprint density at radius 3 is 2.68 bits per heavy atom. The van der Waals surface area contributed by atoms with Gasteiger partial charge in [-0.05, 0) is 30.5 Å². The molecule has 19 heavy (non-hydrogen) atoms. The molecule has 1 amide bonds. The molecule has 2 atom stereocenters. The third-order valence-corrected chi connectivity index (χ3v) is 2.93. The van der Waals surface area contributed by atoms with Gasteiger partial charge in [-0.1, -0.05) is 0 Å². The van der Waals surface area contributed by atoms with E-state index in [0.29, 0.717) is 11.4 Å². The van der Waals surface area contributed by atoms with Gasteiger partial charge in [0.1, 0.15) is 11.9 Å². The minimum absolute atomic E-state index is 0. The highest BCUT2D eigenvalue weighted by molar-refractivity contribution is 5.85. The molecule has 0 spiro atoms. The smallest absolute Gasteiger partial charge is 0.384 e. The number of alkyl halides is 3. The Morgan fingerprint density at radius 2 is 2.16 bits per heavy atom. The molecule has 0 bridgehead atoms. The largest absolute Gasteiger partial charge is 0.408 e. The number of carbonyl (C=O) groups is 1. The lowest BCUT2D eigenvalue weighted by Gasteiger charge is -2.13. The van der Waals surface area contributed by atoms with Crippen LogP contribution in [0.1, 0.15) is 12.0 Å². The van der Waals surface area contributed by atoms with E-state index in [1.165, 1.54) is 6.20 Å². The molecule has 106 valence electrons. The van der Waals surface area contributed by atoms with Crippen LogP contribution in [0.2, 0.25) is 0 Å². The molecule has 1 aliphatic rings. The van der Waals surface area contributed by atoms with Gasteiger partial charge in [-0.3, -0.25) is 4.79 Å². The summed E-state index contributed by atoms with van der Waals surface area (Å²) in [4.78, 5) is 15.2. The highest BCUT2D eigenvalue weighted by atomic mass is 35.5. The van der Waals surface area contributed by atoms with E-state index in [1.54, 1.807) is 12.1 Å². The zero-order chi connectivity index (χ0) is 13.3. The SMILES string of the molecule is Cl.Nc1cc(C[C@@H]2C[C@@H](C(F)(F)F)NC2=O)ccn1. The molecule has 0 aromatic carbocycles. The monoisotopic (exact) mass is 295 g/mol. The van der Waals surface area contributed by atoms with E-state index in [0.717, 1.165) is 0 Å². The lowest BCUT2D eigenvalue weighted by atomic mass is 9.96. The number of pyridine rings is 1. The van der Waals surface area contributed by atoms with Crippen LogP contribution in [-0.2, 0) is 11.2 Å². The number of nitrogens with zero attached hydrogens (tertiary/aromatic N) is 1. The van der Waals surface area contributed by atoms with E-state index < -0.39 is 24.0 Å². The van der Waals surface area contributed by atoms with Crippen molar-refractivity contribution in [1.29, 1.82) is 0 Å². The van der Waals surface area contributed by atoms with Crippen molar-refractivity contribution in [3.63, 3.8) is 0 Å². The Morgan fingerprint density at radius 1 is 1.47 bits per heavy atom. The second-order valence-corrected chi connectivity index (χ2v) is 4.33. The van der Waals surface area contributed by atoms with Crippen molar-refractivity contribution in [3.8, 4) is 0 Å². The summed E-state index contributed by atoms with van der Waals surface area (Å²) < 4.78 is 37.4. The van der Waals surface area contributed by atoms with Crippen LogP contribution in [0.15, 0.2) is 18.3 Å². The Balaban J connectivity index is 0.00000180. The molecule has 1 saturated heterocycles. The number of halogens is 4. The van der Waals surface area contributed by atoms with E-state index in [2.05, 4.69) is 4.98 Å². The topological polar surface area (TPSA) is 68.0 Å². The number of anilines is 1. The number of aromatic nitrogens is 1. The van der Waals surface area contributed by atoms with Crippen LogP contribution in [0.25, 0.3) is 0 Å². The van der Waals surface area contributed by atoms with Crippen molar-refractivity contribution in [2.24, 2.45) is 5.92 Å². The highest BCUT2D eigenvalue weighted by Crippen LogP contribution is 2.31. The molecule has 4 nitrogen and oxygen atoms in total. The number of amides is 1. The number of hydrogen-bond donors (Lipinski definition) is 2. The summed E-state index contributed by atoms with van der Waals surface area (Å²) in [5.41, 5.74) is 6.19. The summed E-state index contributed by atoms with van der Waals surface area (Å²) in [7, 11) is 0. The number of nitrogens with two attached hydrogens (primary N) is 1. The van der Waals surface area contributed by atoms with Gasteiger partial charge >= 0.3 is 6.18 Å². The van der Waals surface area contributed by atoms with Crippen LogP contribution in [0, 0.1) is 5.92 Å². The fourth-order valence-corrected chi connectivity index (χ4v) is 2.04. The van der Waals surface area contributed by atoms with Gasteiger partial charge in [-0.15, -0.1) is 12.4 Å². The fraction of sp³-hybridized carbons (Fsp3) is 0.455. The molecular weight excluding hydrogens is 283 g/mol. The first-order valence-electron chi connectivity index (χ1n) is 5.44. The molecule has 0 radical (unpaired) electrons. The van der Waals surface area contributed by atoms with Crippen molar-refractivity contribution in [1.82, 2.24) is 10.3 Å². The number of carbonyl (C=O) groups excluding carboxylic acids is 1. The highest BCUT2D eigenvalue weighted by Gasteiger charge is 2.47. The van der Waals surface area contributed by atoms with E-state index in [1.807, 2.05) is 5.32 Å². The lowest BCUT2D eigenvalue weighted by Crippen LogP contribution is -2.38. The Hall–Kier alpha value is -1.50. The minimum Gasteiger partial charge on any atom is -0.384 e. The summed E-state index contributed by atoms with van der Waals surface area (Å²) in [6, 6.07) is 1.47. The zero-order valence-electron chi connectivity index (χ0n) is 9.78. The van der Waals surface area contributed by atoms with E-state index in [4.69, 9.17) is 5.73 Å². The van der Waals surface area contributed by atoms with Gasteiger partial charge in [0, 0.05) is 12.1 Å². The van der Waals surface area contributed by atoms with Gasteiger partial charge < -0.3 is 11.1 Å². The first-order chi connectivity index (χ1) is 8.36. The minimum atomic E-state index is -4.39. The molecule has 1 aromatic heterocycles. The maximum absolute atomic E-state index is 12.5. The zero-order valence-corrected chi connectivity index (χ0v) is 10.6. The molecule has 0 aliphatic carbocycles. The first-order valence-corrected chi connectivity index (χ1v) is 5.44. The number of nitrogens with one attached hydrogen (secondary N) is 1. The maximum Gasteiger partial charge on any atom is 0.408 e. The van der Waals surface area contributed by atoms with Crippen molar-refractivity contribution >= 4 is 24.1 Å². The quantitative estimate of drug-likeness (QED) is 0.872. The Bertz CT molecular complexity index is 467. The summed E-state index contributed by atoms with van der Waals surface area (Å²) >= 11 is 0. The molecular formula is C11H13ClF3N3O. The van der Waals surface area contributed by atoms with Gasteiger partial charge in [-0.2, -0.15) is 13.2 Å². The summed E-state index contributed by atoms with van der Waals surface area (Å²) in [5, 5.41) is 1.97. The van der Waals surface area contributed by atoms with Gasteiger partial charge in [-0.25, -0.2) is 4.98 Å². The summed E-state index contributed by atoms with van der Waals surface area (Å²) in [5.74, 6) is -0.940. The van der Waals surface area contributed by atoms with Crippen molar-refractivity contribution in [2.75, 3.05) is 5.73 Å². The van der Waals surface area contributed by atoms with Crippen LogP contribution in [0.3, 0.4) is 0 Å². The van der Waals surface area contributed by atoms with Crippen molar-refractivity contribution < 1.29 is 18.0 Å².